The molecule has 0 unspecified atom stereocenters. The van der Waals surface area contributed by atoms with Crippen LogP contribution >= 0.6 is 27.5 Å². The molecule has 0 radical (unpaired) electrons. The van der Waals surface area contributed by atoms with Crippen LogP contribution in [-0.2, 0) is 0 Å². The molecule has 0 saturated heterocycles. The summed E-state index contributed by atoms with van der Waals surface area (Å²) < 4.78 is 17.9. The lowest BCUT2D eigenvalue weighted by Gasteiger charge is -1.99. The molecule has 3 nitrogen and oxygen atoms in total. The van der Waals surface area contributed by atoms with E-state index in [1.54, 1.807) is 6.07 Å². The first-order chi connectivity index (χ1) is 8.22. The molecule has 1 fully saturated rings. The third-order valence-electron chi connectivity index (χ3n) is 2.50. The van der Waals surface area contributed by atoms with Gasteiger partial charge in [-0.15, -0.1) is 0 Å². The minimum atomic E-state index is -0.271. The smallest absolute Gasteiger partial charge is 0.203 e. The minimum absolute atomic E-state index is 0.271. The summed E-state index contributed by atoms with van der Waals surface area (Å²) in [6.45, 7) is 0. The Morgan fingerprint density at radius 1 is 1.41 bits per heavy atom. The Labute approximate surface area is 110 Å². The second-order valence-corrected chi connectivity index (χ2v) is 5.57. The van der Waals surface area contributed by atoms with Crippen LogP contribution in [0.25, 0.3) is 11.4 Å². The van der Waals surface area contributed by atoms with Crippen molar-refractivity contribution in [3.8, 4) is 11.4 Å². The maximum absolute atomic E-state index is 13.0. The molecule has 1 heterocycles. The molecule has 0 bridgehead atoms. The lowest BCUT2D eigenvalue weighted by atomic mass is 10.2. The SMILES string of the molecule is Fc1ccc(-c2nsc(NC3CC3)n2)c(Br)c1. The van der Waals surface area contributed by atoms with Crippen LogP contribution < -0.4 is 5.32 Å². The fourth-order valence-electron chi connectivity index (χ4n) is 1.46. The van der Waals surface area contributed by atoms with Crippen molar-refractivity contribution in [3.63, 3.8) is 0 Å². The average Bonchev–Trinajstić information content (AvgIpc) is 2.96. The Morgan fingerprint density at radius 3 is 2.94 bits per heavy atom. The van der Waals surface area contributed by atoms with Crippen molar-refractivity contribution in [2.24, 2.45) is 0 Å². The molecule has 0 aliphatic heterocycles. The third-order valence-corrected chi connectivity index (χ3v) is 3.81. The molecule has 0 amide bonds. The fourth-order valence-corrected chi connectivity index (χ4v) is 2.65. The number of nitrogens with zero attached hydrogens (tertiary/aromatic N) is 2. The van der Waals surface area contributed by atoms with E-state index in [9.17, 15) is 4.39 Å². The van der Waals surface area contributed by atoms with Crippen molar-refractivity contribution in [3.05, 3.63) is 28.5 Å². The van der Waals surface area contributed by atoms with Crippen LogP contribution in [0.3, 0.4) is 0 Å². The molecule has 0 spiro atoms. The van der Waals surface area contributed by atoms with Crippen LogP contribution in [0, 0.1) is 5.82 Å². The molecule has 1 aromatic heterocycles. The maximum Gasteiger partial charge on any atom is 0.203 e. The number of anilines is 1. The predicted molar refractivity (Wildman–Crippen MR) is 69.6 cm³/mol. The molecule has 1 aliphatic carbocycles. The van der Waals surface area contributed by atoms with E-state index in [1.807, 2.05) is 0 Å². The van der Waals surface area contributed by atoms with Gasteiger partial charge in [0.1, 0.15) is 5.82 Å². The van der Waals surface area contributed by atoms with Gasteiger partial charge in [0.15, 0.2) is 5.82 Å². The highest BCUT2D eigenvalue weighted by Crippen LogP contribution is 2.31. The van der Waals surface area contributed by atoms with Crippen LogP contribution in [0.5, 0.6) is 0 Å². The van der Waals surface area contributed by atoms with Crippen LogP contribution in [0.1, 0.15) is 12.8 Å². The van der Waals surface area contributed by atoms with Gasteiger partial charge in [-0.1, -0.05) is 0 Å². The number of rotatable bonds is 3. The lowest BCUT2D eigenvalue weighted by Crippen LogP contribution is -1.99. The molecule has 1 saturated carbocycles. The quantitative estimate of drug-likeness (QED) is 0.939. The van der Waals surface area contributed by atoms with Gasteiger partial charge in [0.25, 0.3) is 0 Å². The molecule has 3 rings (SSSR count). The van der Waals surface area contributed by atoms with E-state index in [1.165, 1.54) is 36.5 Å². The molecule has 17 heavy (non-hydrogen) atoms. The number of aromatic nitrogens is 2. The summed E-state index contributed by atoms with van der Waals surface area (Å²) in [6, 6.07) is 5.08. The van der Waals surface area contributed by atoms with E-state index in [4.69, 9.17) is 0 Å². The van der Waals surface area contributed by atoms with Crippen LogP contribution in [0.15, 0.2) is 22.7 Å². The largest absolute Gasteiger partial charge is 0.358 e. The van der Waals surface area contributed by atoms with Crippen molar-refractivity contribution >= 4 is 32.6 Å². The number of hydrogen-bond donors (Lipinski definition) is 1. The highest BCUT2D eigenvalue weighted by atomic mass is 79.9. The zero-order chi connectivity index (χ0) is 11.8. The highest BCUT2D eigenvalue weighted by molar-refractivity contribution is 9.10. The summed E-state index contributed by atoms with van der Waals surface area (Å²) in [5.74, 6) is 0.359. The van der Waals surface area contributed by atoms with E-state index in [0.717, 1.165) is 10.7 Å². The Kier molecular flexibility index (Phi) is 2.84. The Balaban J connectivity index is 1.89. The van der Waals surface area contributed by atoms with Crippen LogP contribution in [-0.4, -0.2) is 15.4 Å². The number of nitrogens with one attached hydrogen (secondary N) is 1. The van der Waals surface area contributed by atoms with Gasteiger partial charge in [0.05, 0.1) is 0 Å². The molecule has 1 aliphatic rings. The molecule has 1 N–H and O–H groups in total. The van der Waals surface area contributed by atoms with Crippen molar-refractivity contribution in [1.82, 2.24) is 9.36 Å². The molecular weight excluding hydrogens is 305 g/mol. The summed E-state index contributed by atoms with van der Waals surface area (Å²) in [6.07, 6.45) is 2.41. The molecule has 2 aromatic rings. The van der Waals surface area contributed by atoms with Gasteiger partial charge >= 0.3 is 0 Å². The average molecular weight is 314 g/mol. The Morgan fingerprint density at radius 2 is 2.24 bits per heavy atom. The zero-order valence-electron chi connectivity index (χ0n) is 8.78. The fraction of sp³-hybridized carbons (Fsp3) is 0.273. The van der Waals surface area contributed by atoms with E-state index < -0.39 is 0 Å². The van der Waals surface area contributed by atoms with Gasteiger partial charge in [0, 0.05) is 27.6 Å². The van der Waals surface area contributed by atoms with Gasteiger partial charge in [-0.25, -0.2) is 4.39 Å². The number of benzene rings is 1. The van der Waals surface area contributed by atoms with E-state index >= 15 is 0 Å². The van der Waals surface area contributed by atoms with Gasteiger partial charge in [-0.05, 0) is 47.0 Å². The Bertz CT molecular complexity index is 553. The van der Waals surface area contributed by atoms with Crippen LogP contribution in [0.2, 0.25) is 0 Å². The van der Waals surface area contributed by atoms with Crippen LogP contribution in [0.4, 0.5) is 9.52 Å². The van der Waals surface area contributed by atoms with E-state index in [0.29, 0.717) is 16.3 Å². The molecule has 88 valence electrons. The monoisotopic (exact) mass is 313 g/mol. The molecule has 1 aromatic carbocycles. The summed E-state index contributed by atoms with van der Waals surface area (Å²) >= 11 is 4.66. The van der Waals surface area contributed by atoms with Crippen molar-refractivity contribution in [1.29, 1.82) is 0 Å². The second kappa shape index (κ2) is 4.34. The first-order valence-electron chi connectivity index (χ1n) is 5.28. The third kappa shape index (κ3) is 2.47. The maximum atomic E-state index is 13.0. The van der Waals surface area contributed by atoms with Gasteiger partial charge in [0.2, 0.25) is 5.13 Å². The standard InChI is InChI=1S/C11H9BrFN3S/c12-9-5-6(13)1-4-8(9)10-15-11(17-16-10)14-7-2-3-7/h1,4-5,7H,2-3H2,(H,14,15,16). The van der Waals surface area contributed by atoms with Gasteiger partial charge < -0.3 is 5.32 Å². The first-order valence-corrected chi connectivity index (χ1v) is 6.85. The highest BCUT2D eigenvalue weighted by Gasteiger charge is 2.22. The minimum Gasteiger partial charge on any atom is -0.358 e. The molecule has 0 atom stereocenters. The predicted octanol–water partition coefficient (Wildman–Crippen LogP) is 3.68. The number of halogens is 2. The Hall–Kier alpha value is -1.01. The normalized spacial score (nSPS) is 14.9. The summed E-state index contributed by atoms with van der Waals surface area (Å²) in [5.41, 5.74) is 0.812. The topological polar surface area (TPSA) is 37.8 Å². The summed E-state index contributed by atoms with van der Waals surface area (Å²) in [5, 5.41) is 4.12. The van der Waals surface area contributed by atoms with E-state index in [-0.39, 0.29) is 5.82 Å². The van der Waals surface area contributed by atoms with E-state index in [2.05, 4.69) is 30.6 Å². The summed E-state index contributed by atoms with van der Waals surface area (Å²) in [4.78, 5) is 4.39. The van der Waals surface area contributed by atoms with Crippen molar-refractivity contribution < 1.29 is 4.39 Å². The number of hydrogen-bond acceptors (Lipinski definition) is 4. The first kappa shape index (κ1) is 11.1. The zero-order valence-corrected chi connectivity index (χ0v) is 11.2. The van der Waals surface area contributed by atoms with Gasteiger partial charge in [-0.3, -0.25) is 0 Å². The lowest BCUT2D eigenvalue weighted by molar-refractivity contribution is 0.627. The molecule has 6 heteroatoms. The van der Waals surface area contributed by atoms with Crippen molar-refractivity contribution in [2.75, 3.05) is 5.32 Å². The summed E-state index contributed by atoms with van der Waals surface area (Å²) in [7, 11) is 0. The second-order valence-electron chi connectivity index (χ2n) is 3.97. The van der Waals surface area contributed by atoms with Gasteiger partial charge in [-0.2, -0.15) is 9.36 Å². The van der Waals surface area contributed by atoms with Crippen molar-refractivity contribution in [2.45, 2.75) is 18.9 Å². The molecular formula is C11H9BrFN3S.